The number of esters is 3. The highest BCUT2D eigenvalue weighted by molar-refractivity contribution is 7.47. The molecule has 662 valence electrons. The van der Waals surface area contributed by atoms with Crippen LogP contribution in [-0.4, -0.2) is 95.9 Å². The van der Waals surface area contributed by atoms with Gasteiger partial charge in [-0.25, -0.2) is 9.13 Å². The molecule has 0 saturated carbocycles. The smallest absolute Gasteiger partial charge is 0.463 e. The number of aliphatic hydroxyl groups excluding tert-OH is 2. The van der Waals surface area contributed by atoms with Gasteiger partial charge in [0.1, 0.15) is 25.4 Å². The minimum absolute atomic E-state index is 0.0860. The van der Waals surface area contributed by atoms with Crippen LogP contribution in [0, 0.1) is 0 Å². The minimum atomic E-state index is -4.95. The Bertz CT molecular complexity index is 2670. The fourth-order valence-corrected chi connectivity index (χ4v) is 14.1. The van der Waals surface area contributed by atoms with E-state index in [-0.39, 0.29) is 19.3 Å². The van der Waals surface area contributed by atoms with Crippen molar-refractivity contribution in [1.82, 2.24) is 0 Å². The highest BCUT2D eigenvalue weighted by atomic mass is 31.2. The first kappa shape index (κ1) is 110. The molecule has 18 heteroatoms. The van der Waals surface area contributed by atoms with Gasteiger partial charge in [0.25, 0.3) is 0 Å². The Kier molecular flexibility index (Phi) is 85.2. The number of hydrogen-bond acceptors (Lipinski definition) is 14. The van der Waals surface area contributed by atoms with Crippen LogP contribution in [0.1, 0.15) is 393 Å². The van der Waals surface area contributed by atoms with E-state index in [1.54, 1.807) is 0 Å². The molecular formula is C97H168O16P2. The number of rotatable bonds is 87. The zero-order valence-corrected chi connectivity index (χ0v) is 74.7. The summed E-state index contributed by atoms with van der Waals surface area (Å²) in [5, 5.41) is 20.7. The second kappa shape index (κ2) is 88.7. The van der Waals surface area contributed by atoms with Gasteiger partial charge in [-0.05, 0) is 148 Å². The summed E-state index contributed by atoms with van der Waals surface area (Å²) in [5.74, 6) is -1.59. The molecule has 0 heterocycles. The van der Waals surface area contributed by atoms with Crippen molar-refractivity contribution in [2.24, 2.45) is 0 Å². The molecule has 0 rings (SSSR count). The summed E-state index contributed by atoms with van der Waals surface area (Å²) >= 11 is 0. The van der Waals surface area contributed by atoms with Crippen molar-refractivity contribution in [2.75, 3.05) is 39.6 Å². The molecule has 0 radical (unpaired) electrons. The summed E-state index contributed by atoms with van der Waals surface area (Å²) in [4.78, 5) is 58.9. The van der Waals surface area contributed by atoms with E-state index in [4.69, 9.17) is 32.3 Å². The maximum Gasteiger partial charge on any atom is 0.472 e. The minimum Gasteiger partial charge on any atom is -0.463 e. The monoisotopic (exact) mass is 1650 g/mol. The second-order valence-electron chi connectivity index (χ2n) is 30.7. The second-order valence-corrected chi connectivity index (χ2v) is 33.6. The molecule has 0 amide bonds. The van der Waals surface area contributed by atoms with Gasteiger partial charge in [0.15, 0.2) is 6.10 Å². The molecule has 0 aromatic heterocycles. The topological polar surface area (TPSA) is 231 Å². The van der Waals surface area contributed by atoms with Crippen molar-refractivity contribution in [3.63, 3.8) is 0 Å². The lowest BCUT2D eigenvalue weighted by Gasteiger charge is -2.21. The molecule has 0 aliphatic rings. The summed E-state index contributed by atoms with van der Waals surface area (Å²) < 4.78 is 61.4. The predicted octanol–water partition coefficient (Wildman–Crippen LogP) is 28.3. The van der Waals surface area contributed by atoms with Crippen LogP contribution in [0.4, 0.5) is 0 Å². The molecule has 0 fully saturated rings. The van der Waals surface area contributed by atoms with Crippen LogP contribution in [0.5, 0.6) is 0 Å². The Balaban J connectivity index is 4.50. The maximum atomic E-state index is 13.0. The van der Waals surface area contributed by atoms with Crippen LogP contribution >= 0.6 is 15.6 Å². The largest absolute Gasteiger partial charge is 0.472 e. The van der Waals surface area contributed by atoms with Gasteiger partial charge in [-0.2, -0.15) is 0 Å². The fraction of sp³-hybridized carbons (Fsp3) is 0.722. The molecule has 0 spiro atoms. The van der Waals surface area contributed by atoms with Crippen molar-refractivity contribution in [2.45, 2.75) is 411 Å². The number of phosphoric ester groups is 2. The Hall–Kier alpha value is -4.57. The third-order valence-corrected chi connectivity index (χ3v) is 21.4. The highest BCUT2D eigenvalue weighted by Crippen LogP contribution is 2.45. The highest BCUT2D eigenvalue weighted by Gasteiger charge is 2.29. The predicted molar refractivity (Wildman–Crippen MR) is 482 cm³/mol. The number of ether oxygens (including phenoxy) is 3. The van der Waals surface area contributed by atoms with Crippen molar-refractivity contribution >= 4 is 33.6 Å². The summed E-state index contributed by atoms with van der Waals surface area (Å²) in [5.41, 5.74) is 0. The molecule has 16 nitrogen and oxygen atoms in total. The fourth-order valence-electron chi connectivity index (χ4n) is 12.5. The normalized spacial score (nSPS) is 14.5. The van der Waals surface area contributed by atoms with Crippen molar-refractivity contribution < 1.29 is 75.8 Å². The van der Waals surface area contributed by atoms with E-state index in [1.165, 1.54) is 173 Å². The molecule has 0 aromatic rings. The molecule has 0 aliphatic carbocycles. The third-order valence-electron chi connectivity index (χ3n) is 19.5. The first-order chi connectivity index (χ1) is 56.2. The first-order valence-electron chi connectivity index (χ1n) is 46.1. The standard InChI is InChI=1S/C97H168O16P2/c1-4-7-10-13-16-19-22-25-28-31-34-36-38-40-41-42-43-44-45-46-47-48-49-51-53-54-57-59-62-65-68-71-74-77-80-83-95(100)107-86-92(98)87-109-114(103,104)110-88-93(99)89-111-115(105,106)112-91-94(113-97(102)85-82-79-76-73-70-67-64-61-56-33-30-27-24-21-18-15-12-9-6-3)90-108-96(101)84-81-78-75-72-69-66-63-60-58-55-52-50-39-37-35-32-29-26-23-20-17-14-11-8-5-2/h8,11,16-21,25-30,34-37,40-41,50,52,56,61,92-94,98-99H,4-7,9-10,12-15,22-24,31-33,38-39,42-49,51,53-55,57-60,62-91H2,1-3H3,(H,103,104)(H,105,106)/b11-8-,19-16-,20-17-,21-18-,28-25-,29-26-,30-27-,36-34-,37-35-,41-40-,52-50-,61-56-. The number of carbonyl (C=O) groups excluding carboxylic acids is 3. The molecule has 0 saturated heterocycles. The summed E-state index contributed by atoms with van der Waals surface area (Å²) in [6.07, 6.45) is 112. The first-order valence-corrected chi connectivity index (χ1v) is 49.1. The quantitative estimate of drug-likeness (QED) is 0.0146. The Morgan fingerprint density at radius 1 is 0.252 bits per heavy atom. The van der Waals surface area contributed by atoms with E-state index in [0.717, 1.165) is 161 Å². The molecule has 115 heavy (non-hydrogen) atoms. The van der Waals surface area contributed by atoms with Crippen LogP contribution in [0.25, 0.3) is 0 Å². The summed E-state index contributed by atoms with van der Waals surface area (Å²) in [7, 11) is -9.81. The van der Waals surface area contributed by atoms with Gasteiger partial charge in [-0.15, -0.1) is 0 Å². The van der Waals surface area contributed by atoms with Gasteiger partial charge < -0.3 is 34.2 Å². The van der Waals surface area contributed by atoms with Gasteiger partial charge in [0.05, 0.1) is 26.4 Å². The number of carbonyl (C=O) groups is 3. The van der Waals surface area contributed by atoms with Gasteiger partial charge in [-0.1, -0.05) is 372 Å². The molecule has 5 atom stereocenters. The number of hydrogen-bond donors (Lipinski definition) is 4. The van der Waals surface area contributed by atoms with E-state index < -0.39 is 91.5 Å². The molecule has 0 bridgehead atoms. The Labute approximate surface area is 702 Å². The van der Waals surface area contributed by atoms with Crippen LogP contribution in [0.3, 0.4) is 0 Å². The van der Waals surface area contributed by atoms with Crippen LogP contribution in [0.2, 0.25) is 0 Å². The number of allylic oxidation sites excluding steroid dienone is 24. The third kappa shape index (κ3) is 90.0. The molecule has 5 unspecified atom stereocenters. The lowest BCUT2D eigenvalue weighted by molar-refractivity contribution is -0.161. The molecule has 0 aromatic carbocycles. The molecule has 0 aliphatic heterocycles. The Morgan fingerprint density at radius 2 is 0.461 bits per heavy atom. The lowest BCUT2D eigenvalue weighted by Crippen LogP contribution is -2.30. The van der Waals surface area contributed by atoms with Crippen LogP contribution < -0.4 is 0 Å². The number of aliphatic hydroxyl groups is 2. The van der Waals surface area contributed by atoms with E-state index in [1.807, 2.05) is 0 Å². The van der Waals surface area contributed by atoms with Crippen LogP contribution in [0.15, 0.2) is 146 Å². The van der Waals surface area contributed by atoms with E-state index in [2.05, 4.69) is 167 Å². The van der Waals surface area contributed by atoms with E-state index in [0.29, 0.717) is 19.3 Å². The summed E-state index contributed by atoms with van der Waals surface area (Å²) in [6.45, 7) is 2.54. The van der Waals surface area contributed by atoms with Gasteiger partial charge >= 0.3 is 33.6 Å². The van der Waals surface area contributed by atoms with Crippen LogP contribution in [-0.2, 0) is 55.8 Å². The molecular weight excluding hydrogens is 1480 g/mol. The Morgan fingerprint density at radius 3 is 0.730 bits per heavy atom. The summed E-state index contributed by atoms with van der Waals surface area (Å²) in [6, 6.07) is 0. The zero-order valence-electron chi connectivity index (χ0n) is 72.9. The van der Waals surface area contributed by atoms with Crippen molar-refractivity contribution in [3.8, 4) is 0 Å². The number of unbranched alkanes of at least 4 members (excludes halogenated alkanes) is 40. The van der Waals surface area contributed by atoms with Crippen molar-refractivity contribution in [1.29, 1.82) is 0 Å². The van der Waals surface area contributed by atoms with E-state index >= 15 is 0 Å². The average molecular weight is 1650 g/mol. The number of phosphoric acid groups is 2. The van der Waals surface area contributed by atoms with Gasteiger partial charge in [0, 0.05) is 19.3 Å². The molecule has 4 N–H and O–H groups in total. The van der Waals surface area contributed by atoms with Gasteiger partial charge in [-0.3, -0.25) is 32.5 Å². The van der Waals surface area contributed by atoms with Crippen molar-refractivity contribution in [3.05, 3.63) is 146 Å². The van der Waals surface area contributed by atoms with E-state index in [9.17, 15) is 43.5 Å². The maximum absolute atomic E-state index is 13.0. The zero-order chi connectivity index (χ0) is 83.6. The average Bonchev–Trinajstić information content (AvgIpc) is 0.920. The lowest BCUT2D eigenvalue weighted by atomic mass is 10.0. The van der Waals surface area contributed by atoms with Gasteiger partial charge in [0.2, 0.25) is 0 Å². The SMILES string of the molecule is CC/C=C\C/C=C\C/C=C\C/C=C\C/C=C\CCCCCCCCCCCC(=O)OCC(COP(=O)(O)OCC(O)COP(=O)(O)OCC(O)COC(=O)CCCCCCCCCCCCCCCCCCCCC/C=C\C/C=C\C/C=C\C/C=C\CCCCC)OC(=O)CCCCCCCC/C=C\C/C=C\C/C=C\CCCCC.